The molecule has 1 amide bonds. The fraction of sp³-hybridized carbons (Fsp3) is 0.190. The van der Waals surface area contributed by atoms with Crippen molar-refractivity contribution in [2.24, 2.45) is 5.10 Å². The Balaban J connectivity index is 1.57. The van der Waals surface area contributed by atoms with Gasteiger partial charge in [0.1, 0.15) is 11.4 Å². The quantitative estimate of drug-likeness (QED) is 0.495. The summed E-state index contributed by atoms with van der Waals surface area (Å²) in [5.41, 5.74) is 6.63. The number of aromatic amines is 1. The van der Waals surface area contributed by atoms with E-state index in [0.29, 0.717) is 11.4 Å². The first-order chi connectivity index (χ1) is 13.2. The van der Waals surface area contributed by atoms with E-state index in [2.05, 4.69) is 32.9 Å². The van der Waals surface area contributed by atoms with Gasteiger partial charge in [-0.1, -0.05) is 30.3 Å². The van der Waals surface area contributed by atoms with E-state index < -0.39 is 0 Å². The maximum atomic E-state index is 12.3. The monoisotopic (exact) mass is 362 g/mol. The molecule has 2 N–H and O–H groups in total. The van der Waals surface area contributed by atoms with Crippen LogP contribution in [-0.2, 0) is 6.42 Å². The standard InChI is InChI=1S/C21H22N4O2/c1-15(8-9-16-6-4-3-5-7-16)22-25-21(26)20-14-19(23-24-20)17-10-12-18(27-2)13-11-17/h3-7,10-14H,8-9H2,1-2H3,(H,23,24)(H,25,26)/b22-15-. The van der Waals surface area contributed by atoms with Crippen molar-refractivity contribution in [1.82, 2.24) is 15.6 Å². The number of benzene rings is 2. The fourth-order valence-corrected chi connectivity index (χ4v) is 2.58. The molecular formula is C21H22N4O2. The summed E-state index contributed by atoms with van der Waals surface area (Å²) < 4.78 is 5.14. The van der Waals surface area contributed by atoms with Crippen LogP contribution in [0, 0.1) is 0 Å². The lowest BCUT2D eigenvalue weighted by Gasteiger charge is -2.02. The van der Waals surface area contributed by atoms with Crippen molar-refractivity contribution in [3.05, 3.63) is 71.9 Å². The number of hydrazone groups is 1. The molecule has 1 aromatic heterocycles. The van der Waals surface area contributed by atoms with Gasteiger partial charge >= 0.3 is 0 Å². The van der Waals surface area contributed by atoms with Gasteiger partial charge in [0.15, 0.2) is 0 Å². The second kappa shape index (κ2) is 8.80. The summed E-state index contributed by atoms with van der Waals surface area (Å²) in [5, 5.41) is 11.1. The zero-order valence-corrected chi connectivity index (χ0v) is 15.4. The molecule has 6 heteroatoms. The van der Waals surface area contributed by atoms with Crippen LogP contribution in [0.15, 0.2) is 65.8 Å². The third-order valence-electron chi connectivity index (χ3n) is 4.17. The molecule has 0 aliphatic carbocycles. The van der Waals surface area contributed by atoms with E-state index in [-0.39, 0.29) is 5.91 Å². The SMILES string of the molecule is COc1ccc(-c2cc(C(=O)N/N=C(/C)CCc3ccccc3)[nH]n2)cc1. The smallest absolute Gasteiger partial charge is 0.289 e. The molecule has 3 aromatic rings. The number of rotatable bonds is 7. The van der Waals surface area contributed by atoms with Gasteiger partial charge in [0, 0.05) is 11.3 Å². The molecule has 1 heterocycles. The number of carbonyl (C=O) groups is 1. The number of carbonyl (C=O) groups excluding carboxylic acids is 1. The predicted octanol–water partition coefficient (Wildman–Crippen LogP) is 3.82. The van der Waals surface area contributed by atoms with Crippen molar-refractivity contribution >= 4 is 11.6 Å². The first-order valence-corrected chi connectivity index (χ1v) is 8.73. The number of nitrogens with one attached hydrogen (secondary N) is 2. The normalized spacial score (nSPS) is 11.3. The average Bonchev–Trinajstić information content (AvgIpc) is 3.21. The number of amides is 1. The highest BCUT2D eigenvalue weighted by atomic mass is 16.5. The topological polar surface area (TPSA) is 79.4 Å². The lowest BCUT2D eigenvalue weighted by Crippen LogP contribution is -2.19. The highest BCUT2D eigenvalue weighted by Crippen LogP contribution is 2.21. The number of nitrogens with zero attached hydrogens (tertiary/aromatic N) is 2. The molecule has 0 atom stereocenters. The Hall–Kier alpha value is -3.41. The molecule has 0 saturated heterocycles. The highest BCUT2D eigenvalue weighted by molar-refractivity contribution is 5.94. The summed E-state index contributed by atoms with van der Waals surface area (Å²) in [6.07, 6.45) is 1.67. The van der Waals surface area contributed by atoms with Crippen molar-refractivity contribution < 1.29 is 9.53 Å². The third kappa shape index (κ3) is 5.04. The fourth-order valence-electron chi connectivity index (χ4n) is 2.58. The van der Waals surface area contributed by atoms with E-state index in [0.717, 1.165) is 29.9 Å². The van der Waals surface area contributed by atoms with Gasteiger partial charge in [-0.15, -0.1) is 0 Å². The van der Waals surface area contributed by atoms with E-state index in [4.69, 9.17) is 4.74 Å². The Bertz CT molecular complexity index is 915. The molecule has 138 valence electrons. The maximum Gasteiger partial charge on any atom is 0.289 e. The molecule has 27 heavy (non-hydrogen) atoms. The highest BCUT2D eigenvalue weighted by Gasteiger charge is 2.10. The maximum absolute atomic E-state index is 12.3. The molecule has 0 unspecified atom stereocenters. The summed E-state index contributed by atoms with van der Waals surface area (Å²) in [5.74, 6) is 0.453. The van der Waals surface area contributed by atoms with E-state index in [1.165, 1.54) is 5.56 Å². The van der Waals surface area contributed by atoms with Crippen LogP contribution in [0.4, 0.5) is 0 Å². The van der Waals surface area contributed by atoms with E-state index in [1.54, 1.807) is 13.2 Å². The molecule has 0 aliphatic rings. The Morgan fingerprint density at radius 2 is 1.89 bits per heavy atom. The van der Waals surface area contributed by atoms with Crippen molar-refractivity contribution in [2.75, 3.05) is 7.11 Å². The third-order valence-corrected chi connectivity index (χ3v) is 4.17. The van der Waals surface area contributed by atoms with Gasteiger partial charge in [0.2, 0.25) is 0 Å². The number of methoxy groups -OCH3 is 1. The molecule has 0 spiro atoms. The number of ether oxygens (including phenoxy) is 1. The zero-order valence-electron chi connectivity index (χ0n) is 15.4. The first-order valence-electron chi connectivity index (χ1n) is 8.73. The van der Waals surface area contributed by atoms with Crippen molar-refractivity contribution in [3.8, 4) is 17.0 Å². The minimum Gasteiger partial charge on any atom is -0.497 e. The molecule has 0 aliphatic heterocycles. The van der Waals surface area contributed by atoms with Crippen LogP contribution >= 0.6 is 0 Å². The summed E-state index contributed by atoms with van der Waals surface area (Å²) in [6, 6.07) is 19.4. The summed E-state index contributed by atoms with van der Waals surface area (Å²) >= 11 is 0. The second-order valence-electron chi connectivity index (χ2n) is 6.17. The van der Waals surface area contributed by atoms with Gasteiger partial charge in [-0.3, -0.25) is 9.89 Å². The molecule has 0 fully saturated rings. The predicted molar refractivity (Wildman–Crippen MR) is 106 cm³/mol. The van der Waals surface area contributed by atoms with Gasteiger partial charge in [-0.25, -0.2) is 5.43 Å². The van der Waals surface area contributed by atoms with Crippen LogP contribution < -0.4 is 10.2 Å². The van der Waals surface area contributed by atoms with Crippen molar-refractivity contribution in [3.63, 3.8) is 0 Å². The molecule has 6 nitrogen and oxygen atoms in total. The number of H-pyrrole nitrogens is 1. The van der Waals surface area contributed by atoms with Crippen LogP contribution in [0.1, 0.15) is 29.4 Å². The Labute approximate surface area is 158 Å². The molecule has 0 saturated carbocycles. The van der Waals surface area contributed by atoms with Gasteiger partial charge in [0.25, 0.3) is 5.91 Å². The van der Waals surface area contributed by atoms with Crippen molar-refractivity contribution in [2.45, 2.75) is 19.8 Å². The first kappa shape index (κ1) is 18.4. The average molecular weight is 362 g/mol. The van der Waals surface area contributed by atoms with Crippen molar-refractivity contribution in [1.29, 1.82) is 0 Å². The minimum absolute atomic E-state index is 0.318. The second-order valence-corrected chi connectivity index (χ2v) is 6.17. The van der Waals surface area contributed by atoms with E-state index >= 15 is 0 Å². The van der Waals surface area contributed by atoms with Crippen LogP contribution in [0.5, 0.6) is 5.75 Å². The largest absolute Gasteiger partial charge is 0.497 e. The lowest BCUT2D eigenvalue weighted by atomic mass is 10.1. The minimum atomic E-state index is -0.318. The summed E-state index contributed by atoms with van der Waals surface area (Å²) in [4.78, 5) is 12.3. The van der Waals surface area contributed by atoms with Crippen LogP contribution in [0.3, 0.4) is 0 Å². The molecular weight excluding hydrogens is 340 g/mol. The summed E-state index contributed by atoms with van der Waals surface area (Å²) in [7, 11) is 1.62. The molecule has 2 aromatic carbocycles. The number of aromatic nitrogens is 2. The van der Waals surface area contributed by atoms with Gasteiger partial charge in [-0.2, -0.15) is 10.2 Å². The number of hydrogen-bond acceptors (Lipinski definition) is 4. The lowest BCUT2D eigenvalue weighted by molar-refractivity contribution is 0.0949. The van der Waals surface area contributed by atoms with Crippen LogP contribution in [0.25, 0.3) is 11.3 Å². The van der Waals surface area contributed by atoms with Gasteiger partial charge in [-0.05, 0) is 55.7 Å². The number of aryl methyl sites for hydroxylation is 1. The number of hydrogen-bond donors (Lipinski definition) is 2. The van der Waals surface area contributed by atoms with Crippen LogP contribution in [0.2, 0.25) is 0 Å². The zero-order chi connectivity index (χ0) is 19.1. The van der Waals surface area contributed by atoms with Crippen LogP contribution in [-0.4, -0.2) is 28.9 Å². The molecule has 3 rings (SSSR count). The van der Waals surface area contributed by atoms with E-state index in [1.807, 2.05) is 49.4 Å². The Morgan fingerprint density at radius 3 is 2.59 bits per heavy atom. The Morgan fingerprint density at radius 1 is 1.15 bits per heavy atom. The Kier molecular flexibility index (Phi) is 5.99. The van der Waals surface area contributed by atoms with E-state index in [9.17, 15) is 4.79 Å². The molecule has 0 radical (unpaired) electrons. The van der Waals surface area contributed by atoms with Gasteiger partial charge in [0.05, 0.1) is 12.8 Å². The summed E-state index contributed by atoms with van der Waals surface area (Å²) in [6.45, 7) is 1.90. The van der Waals surface area contributed by atoms with Gasteiger partial charge < -0.3 is 4.74 Å². The molecule has 0 bridgehead atoms.